The van der Waals surface area contributed by atoms with Gasteiger partial charge < -0.3 is 10.3 Å². The highest BCUT2D eigenvalue weighted by atomic mass is 35.5. The first-order chi connectivity index (χ1) is 7.15. The summed E-state index contributed by atoms with van der Waals surface area (Å²) in [5.74, 6) is 0.166. The fourth-order valence-corrected chi connectivity index (χ4v) is 2.08. The van der Waals surface area contributed by atoms with Gasteiger partial charge in [-0.05, 0) is 11.8 Å². The Balaban J connectivity index is 2.28. The SMILES string of the molecule is Cn1ccnc1Sc1cc(Cl)nc(N)n1. The number of rotatable bonds is 2. The van der Waals surface area contributed by atoms with E-state index in [1.54, 1.807) is 12.3 Å². The van der Waals surface area contributed by atoms with Gasteiger partial charge in [0.15, 0.2) is 5.16 Å². The van der Waals surface area contributed by atoms with Crippen LogP contribution in [0.25, 0.3) is 0 Å². The number of hydrogen-bond acceptors (Lipinski definition) is 5. The number of hydrogen-bond donors (Lipinski definition) is 1. The fraction of sp³-hybridized carbons (Fsp3) is 0.125. The Kier molecular flexibility index (Phi) is 2.79. The van der Waals surface area contributed by atoms with Gasteiger partial charge in [-0.3, -0.25) is 0 Å². The molecule has 0 aliphatic rings. The van der Waals surface area contributed by atoms with E-state index in [0.29, 0.717) is 10.2 Å². The van der Waals surface area contributed by atoms with Crippen LogP contribution in [-0.2, 0) is 7.05 Å². The van der Waals surface area contributed by atoms with Crippen LogP contribution in [-0.4, -0.2) is 19.5 Å². The largest absolute Gasteiger partial charge is 0.368 e. The van der Waals surface area contributed by atoms with Crippen molar-refractivity contribution < 1.29 is 0 Å². The Bertz CT molecular complexity index is 463. The zero-order chi connectivity index (χ0) is 10.8. The summed E-state index contributed by atoms with van der Waals surface area (Å²) in [7, 11) is 1.90. The highest BCUT2D eigenvalue weighted by Gasteiger charge is 2.06. The van der Waals surface area contributed by atoms with Crippen LogP contribution >= 0.6 is 23.4 Å². The van der Waals surface area contributed by atoms with Crippen molar-refractivity contribution in [3.63, 3.8) is 0 Å². The molecule has 0 bridgehead atoms. The molecular weight excluding hydrogens is 234 g/mol. The Morgan fingerprint density at radius 2 is 2.27 bits per heavy atom. The normalized spacial score (nSPS) is 10.5. The number of aryl methyl sites for hydroxylation is 1. The summed E-state index contributed by atoms with van der Waals surface area (Å²) in [6.45, 7) is 0. The fourth-order valence-electron chi connectivity index (χ4n) is 1.01. The molecule has 0 amide bonds. The van der Waals surface area contributed by atoms with E-state index in [1.807, 2.05) is 17.8 Å². The van der Waals surface area contributed by atoms with Crippen LogP contribution in [0.15, 0.2) is 28.6 Å². The molecule has 0 fully saturated rings. The molecule has 0 radical (unpaired) electrons. The lowest BCUT2D eigenvalue weighted by Gasteiger charge is -2.01. The Hall–Kier alpha value is -1.27. The Morgan fingerprint density at radius 3 is 2.87 bits per heavy atom. The molecule has 2 aromatic rings. The minimum absolute atomic E-state index is 0.166. The molecule has 0 unspecified atom stereocenters. The van der Waals surface area contributed by atoms with Gasteiger partial charge >= 0.3 is 0 Å². The van der Waals surface area contributed by atoms with Crippen molar-refractivity contribution in [3.05, 3.63) is 23.6 Å². The van der Waals surface area contributed by atoms with Gasteiger partial charge in [0, 0.05) is 25.5 Å². The first kappa shape index (κ1) is 10.3. The predicted octanol–water partition coefficient (Wildman–Crippen LogP) is 1.60. The molecule has 2 heterocycles. The van der Waals surface area contributed by atoms with Crippen molar-refractivity contribution in [2.75, 3.05) is 5.73 Å². The molecular formula is C8H8ClN5S. The summed E-state index contributed by atoms with van der Waals surface area (Å²) >= 11 is 7.14. The third kappa shape index (κ3) is 2.40. The number of anilines is 1. The van der Waals surface area contributed by atoms with Gasteiger partial charge in [-0.25, -0.2) is 15.0 Å². The number of aromatic nitrogens is 4. The van der Waals surface area contributed by atoms with Crippen LogP contribution in [0.5, 0.6) is 0 Å². The monoisotopic (exact) mass is 241 g/mol. The van der Waals surface area contributed by atoms with Crippen LogP contribution in [0.3, 0.4) is 0 Å². The van der Waals surface area contributed by atoms with Crippen LogP contribution < -0.4 is 5.73 Å². The van der Waals surface area contributed by atoms with E-state index < -0.39 is 0 Å². The van der Waals surface area contributed by atoms with E-state index in [0.717, 1.165) is 5.16 Å². The third-order valence-corrected chi connectivity index (χ3v) is 2.85. The van der Waals surface area contributed by atoms with Crippen LogP contribution in [0.4, 0.5) is 5.95 Å². The minimum Gasteiger partial charge on any atom is -0.368 e. The first-order valence-electron chi connectivity index (χ1n) is 4.10. The van der Waals surface area contributed by atoms with Crippen molar-refractivity contribution in [2.45, 2.75) is 10.2 Å². The molecule has 7 heteroatoms. The molecule has 78 valence electrons. The second-order valence-corrected chi connectivity index (χ2v) is 4.18. The summed E-state index contributed by atoms with van der Waals surface area (Å²) in [6, 6.07) is 1.65. The van der Waals surface area contributed by atoms with Gasteiger partial charge in [0.05, 0.1) is 0 Å². The van der Waals surface area contributed by atoms with Crippen molar-refractivity contribution in [1.29, 1.82) is 0 Å². The number of nitrogen functional groups attached to an aromatic ring is 1. The summed E-state index contributed by atoms with van der Waals surface area (Å²) in [5.41, 5.74) is 5.48. The number of nitrogens with zero attached hydrogens (tertiary/aromatic N) is 4. The molecule has 0 saturated heterocycles. The second kappa shape index (κ2) is 4.08. The Morgan fingerprint density at radius 1 is 1.47 bits per heavy atom. The molecule has 2 rings (SSSR count). The zero-order valence-corrected chi connectivity index (χ0v) is 9.46. The maximum Gasteiger partial charge on any atom is 0.222 e. The summed E-state index contributed by atoms with van der Waals surface area (Å²) in [6.07, 6.45) is 3.57. The predicted molar refractivity (Wildman–Crippen MR) is 58.8 cm³/mol. The van der Waals surface area contributed by atoms with E-state index in [4.69, 9.17) is 17.3 Å². The average Bonchev–Trinajstić information content (AvgIpc) is 2.50. The van der Waals surface area contributed by atoms with Crippen molar-refractivity contribution in [3.8, 4) is 0 Å². The Labute approximate surface area is 95.7 Å². The first-order valence-corrected chi connectivity index (χ1v) is 5.30. The smallest absolute Gasteiger partial charge is 0.222 e. The lowest BCUT2D eigenvalue weighted by atomic mass is 10.7. The molecule has 0 aliphatic carbocycles. The standard InChI is InChI=1S/C8H8ClN5S/c1-14-3-2-11-8(14)15-6-4-5(9)12-7(10)13-6/h2-4H,1H3,(H2,10,12,13). The van der Waals surface area contributed by atoms with Gasteiger partial charge in [0.2, 0.25) is 5.95 Å². The van der Waals surface area contributed by atoms with Gasteiger partial charge in [0.25, 0.3) is 0 Å². The number of halogens is 1. The van der Waals surface area contributed by atoms with Crippen molar-refractivity contribution in [1.82, 2.24) is 19.5 Å². The molecule has 2 N–H and O–H groups in total. The maximum absolute atomic E-state index is 5.76. The highest BCUT2D eigenvalue weighted by molar-refractivity contribution is 7.99. The van der Waals surface area contributed by atoms with Crippen LogP contribution in [0.1, 0.15) is 0 Å². The van der Waals surface area contributed by atoms with Gasteiger partial charge in [-0.2, -0.15) is 0 Å². The number of imidazole rings is 1. The lowest BCUT2D eigenvalue weighted by Crippen LogP contribution is -1.96. The second-order valence-electron chi connectivity index (χ2n) is 2.81. The van der Waals surface area contributed by atoms with E-state index >= 15 is 0 Å². The molecule has 0 aliphatic heterocycles. The molecule has 0 atom stereocenters. The zero-order valence-electron chi connectivity index (χ0n) is 7.88. The molecule has 2 aromatic heterocycles. The van der Waals surface area contributed by atoms with E-state index in [1.165, 1.54) is 11.8 Å². The van der Waals surface area contributed by atoms with Crippen molar-refractivity contribution >= 4 is 29.3 Å². The highest BCUT2D eigenvalue weighted by Crippen LogP contribution is 2.25. The maximum atomic E-state index is 5.76. The van der Waals surface area contributed by atoms with E-state index in [-0.39, 0.29) is 5.95 Å². The molecule has 0 aromatic carbocycles. The van der Waals surface area contributed by atoms with Gasteiger partial charge in [-0.15, -0.1) is 0 Å². The molecule has 5 nitrogen and oxygen atoms in total. The quantitative estimate of drug-likeness (QED) is 0.809. The summed E-state index contributed by atoms with van der Waals surface area (Å²) in [4.78, 5) is 12.0. The summed E-state index contributed by atoms with van der Waals surface area (Å²) in [5, 5.41) is 1.84. The summed E-state index contributed by atoms with van der Waals surface area (Å²) < 4.78 is 1.89. The minimum atomic E-state index is 0.166. The molecule has 15 heavy (non-hydrogen) atoms. The van der Waals surface area contributed by atoms with Crippen molar-refractivity contribution in [2.24, 2.45) is 7.05 Å². The number of nitrogens with two attached hydrogens (primary N) is 1. The third-order valence-electron chi connectivity index (χ3n) is 1.66. The van der Waals surface area contributed by atoms with Gasteiger partial charge in [0.1, 0.15) is 10.2 Å². The van der Waals surface area contributed by atoms with Gasteiger partial charge in [-0.1, -0.05) is 11.6 Å². The topological polar surface area (TPSA) is 69.6 Å². The van der Waals surface area contributed by atoms with E-state index in [9.17, 15) is 0 Å². The van der Waals surface area contributed by atoms with Crippen LogP contribution in [0.2, 0.25) is 5.15 Å². The van der Waals surface area contributed by atoms with Crippen LogP contribution in [0, 0.1) is 0 Å². The lowest BCUT2D eigenvalue weighted by molar-refractivity contribution is 0.788. The molecule has 0 saturated carbocycles. The average molecular weight is 242 g/mol. The molecule has 0 spiro atoms. The van der Waals surface area contributed by atoms with E-state index in [2.05, 4.69) is 15.0 Å².